The lowest BCUT2D eigenvalue weighted by Gasteiger charge is -2.15. The monoisotopic (exact) mass is 250 g/mol. The molecule has 0 aliphatic rings. The van der Waals surface area contributed by atoms with Crippen LogP contribution in [0.5, 0.6) is 0 Å². The number of aromatic nitrogens is 2. The lowest BCUT2D eigenvalue weighted by molar-refractivity contribution is -0.141. The highest BCUT2D eigenvalue weighted by Crippen LogP contribution is 2.26. The first-order chi connectivity index (χ1) is 8.41. The Hall–Kier alpha value is -1.91. The molecule has 0 bridgehead atoms. The molecule has 0 saturated heterocycles. The maximum Gasteiger partial charge on any atom is 0.306 e. The summed E-state index contributed by atoms with van der Waals surface area (Å²) in [6, 6.07) is 4.38. The fourth-order valence-electron chi connectivity index (χ4n) is 2.04. The molecule has 1 heterocycles. The van der Waals surface area contributed by atoms with Crippen molar-refractivity contribution in [2.45, 2.75) is 19.8 Å². The zero-order chi connectivity index (χ0) is 13.4. The first-order valence-electron chi connectivity index (χ1n) is 5.76. The minimum atomic E-state index is -0.860. The summed E-state index contributed by atoms with van der Waals surface area (Å²) in [5, 5.41) is 9.03. The summed E-state index contributed by atoms with van der Waals surface area (Å²) >= 11 is 0. The van der Waals surface area contributed by atoms with Gasteiger partial charge in [0.2, 0.25) is 0 Å². The molecule has 0 aliphatic heterocycles. The lowest BCUT2D eigenvalue weighted by atomic mass is 9.95. The van der Waals surface area contributed by atoms with Gasteiger partial charge in [-0.3, -0.25) is 4.79 Å². The third-order valence-electron chi connectivity index (χ3n) is 3.42. The molecule has 1 aromatic carbocycles. The van der Waals surface area contributed by atoms with Gasteiger partial charge in [0.15, 0.2) is 0 Å². The second kappa shape index (κ2) is 4.40. The summed E-state index contributed by atoms with van der Waals surface area (Å²) in [4.78, 5) is 15.3. The maximum absolute atomic E-state index is 13.1. The van der Waals surface area contributed by atoms with Crippen molar-refractivity contribution < 1.29 is 14.3 Å². The van der Waals surface area contributed by atoms with E-state index in [1.807, 2.05) is 18.5 Å². The molecule has 2 rings (SSSR count). The Morgan fingerprint density at radius 3 is 2.72 bits per heavy atom. The average molecular weight is 250 g/mol. The highest BCUT2D eigenvalue weighted by Gasteiger charge is 2.25. The van der Waals surface area contributed by atoms with Crippen LogP contribution in [0.4, 0.5) is 4.39 Å². The van der Waals surface area contributed by atoms with Gasteiger partial charge in [-0.25, -0.2) is 9.37 Å². The lowest BCUT2D eigenvalue weighted by Crippen LogP contribution is -2.19. The Bertz CT molecular complexity index is 606. The molecule has 4 nitrogen and oxygen atoms in total. The minimum absolute atomic E-state index is 0.233. The predicted octanol–water partition coefficient (Wildman–Crippen LogP) is 2.54. The smallest absolute Gasteiger partial charge is 0.306 e. The van der Waals surface area contributed by atoms with Crippen LogP contribution in [-0.4, -0.2) is 20.6 Å². The summed E-state index contributed by atoms with van der Waals surface area (Å²) < 4.78 is 14.9. The molecule has 0 aliphatic carbocycles. The summed E-state index contributed by atoms with van der Waals surface area (Å²) in [5.74, 6) is -1.31. The van der Waals surface area contributed by atoms with Gasteiger partial charge in [0, 0.05) is 19.0 Å². The predicted molar refractivity (Wildman–Crippen MR) is 65.9 cm³/mol. The molecule has 0 amide bonds. The number of carbonyl (C=O) groups is 1. The summed E-state index contributed by atoms with van der Waals surface area (Å²) in [7, 11) is 1.81. The van der Waals surface area contributed by atoms with Gasteiger partial charge < -0.3 is 9.67 Å². The molecular formula is C13H15FN2O2. The molecule has 2 unspecified atom stereocenters. The van der Waals surface area contributed by atoms with Gasteiger partial charge in [-0.2, -0.15) is 0 Å². The first kappa shape index (κ1) is 12.5. The van der Waals surface area contributed by atoms with Crippen molar-refractivity contribution in [2.24, 2.45) is 13.0 Å². The van der Waals surface area contributed by atoms with Gasteiger partial charge in [-0.05, 0) is 12.1 Å². The Morgan fingerprint density at radius 2 is 2.11 bits per heavy atom. The number of carboxylic acids is 1. The number of aryl methyl sites for hydroxylation is 1. The largest absolute Gasteiger partial charge is 0.481 e. The van der Waals surface area contributed by atoms with Crippen LogP contribution in [0.3, 0.4) is 0 Å². The van der Waals surface area contributed by atoms with E-state index < -0.39 is 11.9 Å². The number of aliphatic carboxylic acids is 1. The third-order valence-corrected chi connectivity index (χ3v) is 3.42. The maximum atomic E-state index is 13.1. The topological polar surface area (TPSA) is 55.1 Å². The van der Waals surface area contributed by atoms with Crippen molar-refractivity contribution >= 4 is 17.0 Å². The Labute approximate surface area is 104 Å². The second-order valence-electron chi connectivity index (χ2n) is 4.58. The number of nitrogens with zero attached hydrogens (tertiary/aromatic N) is 2. The molecule has 1 N–H and O–H groups in total. The number of carboxylic acid groups (broad SMARTS) is 1. The van der Waals surface area contributed by atoms with Crippen molar-refractivity contribution in [1.29, 1.82) is 0 Å². The van der Waals surface area contributed by atoms with Gasteiger partial charge >= 0.3 is 5.97 Å². The molecule has 0 saturated carbocycles. The van der Waals surface area contributed by atoms with Gasteiger partial charge in [0.05, 0.1) is 17.0 Å². The quantitative estimate of drug-likeness (QED) is 0.910. The molecular weight excluding hydrogens is 235 g/mol. The van der Waals surface area contributed by atoms with E-state index in [2.05, 4.69) is 4.98 Å². The average Bonchev–Trinajstić information content (AvgIpc) is 2.64. The van der Waals surface area contributed by atoms with Crippen molar-refractivity contribution in [3.8, 4) is 0 Å². The van der Waals surface area contributed by atoms with Crippen molar-refractivity contribution in [3.63, 3.8) is 0 Å². The fourth-order valence-corrected chi connectivity index (χ4v) is 2.04. The SMILES string of the molecule is CC(C(=O)O)C(C)c1nc2cc(F)ccc2n1C. The van der Waals surface area contributed by atoms with Crippen molar-refractivity contribution in [2.75, 3.05) is 0 Å². The van der Waals surface area contributed by atoms with Crippen LogP contribution in [-0.2, 0) is 11.8 Å². The van der Waals surface area contributed by atoms with Crippen molar-refractivity contribution in [3.05, 3.63) is 29.8 Å². The van der Waals surface area contributed by atoms with Crippen LogP contribution in [0.1, 0.15) is 25.6 Å². The molecule has 96 valence electrons. The Kier molecular flexibility index (Phi) is 3.07. The molecule has 0 spiro atoms. The molecule has 0 fully saturated rings. The van der Waals surface area contributed by atoms with Crippen LogP contribution < -0.4 is 0 Å². The van der Waals surface area contributed by atoms with Gasteiger partial charge in [0.1, 0.15) is 11.6 Å². The van der Waals surface area contributed by atoms with E-state index in [1.165, 1.54) is 12.1 Å². The Balaban J connectivity index is 2.51. The summed E-state index contributed by atoms with van der Waals surface area (Å²) in [5.41, 5.74) is 1.35. The van der Waals surface area contributed by atoms with E-state index in [1.54, 1.807) is 13.0 Å². The molecule has 5 heteroatoms. The minimum Gasteiger partial charge on any atom is -0.481 e. The third kappa shape index (κ3) is 1.96. The number of hydrogen-bond acceptors (Lipinski definition) is 2. The number of hydrogen-bond donors (Lipinski definition) is 1. The van der Waals surface area contributed by atoms with Crippen LogP contribution in [0.2, 0.25) is 0 Å². The second-order valence-corrected chi connectivity index (χ2v) is 4.58. The van der Waals surface area contributed by atoms with E-state index in [-0.39, 0.29) is 11.7 Å². The highest BCUT2D eigenvalue weighted by molar-refractivity contribution is 5.76. The fraction of sp³-hybridized carbons (Fsp3) is 0.385. The number of halogens is 1. The zero-order valence-electron chi connectivity index (χ0n) is 10.5. The van der Waals surface area contributed by atoms with Crippen LogP contribution in [0.15, 0.2) is 18.2 Å². The summed E-state index contributed by atoms with van der Waals surface area (Å²) in [6.45, 7) is 3.46. The van der Waals surface area contributed by atoms with Gasteiger partial charge in [0.25, 0.3) is 0 Å². The number of imidazole rings is 1. The van der Waals surface area contributed by atoms with E-state index in [0.717, 1.165) is 5.52 Å². The number of rotatable bonds is 3. The molecule has 1 aromatic heterocycles. The molecule has 0 radical (unpaired) electrons. The van der Waals surface area contributed by atoms with Crippen LogP contribution in [0.25, 0.3) is 11.0 Å². The van der Waals surface area contributed by atoms with Crippen LogP contribution >= 0.6 is 0 Å². The number of benzene rings is 1. The van der Waals surface area contributed by atoms with E-state index >= 15 is 0 Å². The molecule has 2 aromatic rings. The molecule has 2 atom stereocenters. The van der Waals surface area contributed by atoms with Crippen molar-refractivity contribution in [1.82, 2.24) is 9.55 Å². The highest BCUT2D eigenvalue weighted by atomic mass is 19.1. The van der Waals surface area contributed by atoms with E-state index in [4.69, 9.17) is 5.11 Å². The van der Waals surface area contributed by atoms with E-state index in [0.29, 0.717) is 11.3 Å². The van der Waals surface area contributed by atoms with Gasteiger partial charge in [-0.15, -0.1) is 0 Å². The first-order valence-corrected chi connectivity index (χ1v) is 5.76. The molecule has 18 heavy (non-hydrogen) atoms. The summed E-state index contributed by atoms with van der Waals surface area (Å²) in [6.07, 6.45) is 0. The van der Waals surface area contributed by atoms with Crippen LogP contribution in [0, 0.1) is 11.7 Å². The van der Waals surface area contributed by atoms with Gasteiger partial charge in [-0.1, -0.05) is 13.8 Å². The normalized spacial score (nSPS) is 14.7. The number of fused-ring (bicyclic) bond motifs is 1. The zero-order valence-corrected chi connectivity index (χ0v) is 10.5. The van der Waals surface area contributed by atoms with E-state index in [9.17, 15) is 9.18 Å². The Morgan fingerprint density at radius 1 is 1.44 bits per heavy atom. The standard InChI is InChI=1S/C13H15FN2O2/c1-7(8(2)13(17)18)12-15-10-6-9(14)4-5-11(10)16(12)3/h4-8H,1-3H3,(H,17,18).